The maximum absolute atomic E-state index is 3.48. The largest absolute Gasteiger partial charge is 0.323 e. The van der Waals surface area contributed by atoms with Crippen LogP contribution in [0.2, 0.25) is 0 Å². The second-order valence-electron chi connectivity index (χ2n) is 1.20. The molecule has 0 atom stereocenters. The smallest absolute Gasteiger partial charge is 0.0167 e. The number of rotatable bonds is 1. The molecule has 0 bridgehead atoms. The van der Waals surface area contributed by atoms with E-state index in [1.54, 1.807) is 0 Å². The number of allylic oxidation sites excluding steroid dienone is 1. The molecule has 0 fully saturated rings. The Balaban J connectivity index is -0.0000000646. The zero-order chi connectivity index (χ0) is 8.12. The van der Waals surface area contributed by atoms with Crippen LogP contribution in [0.1, 0.15) is 27.2 Å². The van der Waals surface area contributed by atoms with Gasteiger partial charge in [0.05, 0.1) is 0 Å². The maximum atomic E-state index is 3.48. The molecule has 0 heterocycles. The van der Waals surface area contributed by atoms with Crippen LogP contribution in [0.4, 0.5) is 0 Å². The monoisotopic (exact) mass is 131 g/mol. The third kappa shape index (κ3) is 511. The summed E-state index contributed by atoms with van der Waals surface area (Å²) in [5, 5.41) is 2.75. The van der Waals surface area contributed by atoms with Gasteiger partial charge in [-0.15, -0.1) is 6.58 Å². The van der Waals surface area contributed by atoms with E-state index in [9.17, 15) is 0 Å². The Morgan fingerprint density at radius 1 is 1.33 bits per heavy atom. The summed E-state index contributed by atoms with van der Waals surface area (Å²) in [7, 11) is 3.75. The molecule has 0 aromatic heterocycles. The molecule has 1 N–H and O–H groups in total. The second kappa shape index (κ2) is 47.4. The van der Waals surface area contributed by atoms with Crippen LogP contribution < -0.4 is 5.32 Å². The van der Waals surface area contributed by atoms with Gasteiger partial charge in [-0.05, 0) is 20.5 Å². The fourth-order valence-electron chi connectivity index (χ4n) is 0. The summed E-state index contributed by atoms with van der Waals surface area (Å²) in [4.78, 5) is 0. The van der Waals surface area contributed by atoms with Crippen molar-refractivity contribution in [2.75, 3.05) is 14.1 Å². The highest BCUT2D eigenvalue weighted by atomic mass is 14.7. The summed E-state index contributed by atoms with van der Waals surface area (Å²) < 4.78 is 0. The first-order valence-electron chi connectivity index (χ1n) is 3.52. The fourth-order valence-corrected chi connectivity index (χ4v) is 0. The van der Waals surface area contributed by atoms with Gasteiger partial charge < -0.3 is 5.32 Å². The van der Waals surface area contributed by atoms with Crippen molar-refractivity contribution < 1.29 is 0 Å². The van der Waals surface area contributed by atoms with Gasteiger partial charge in [0.25, 0.3) is 0 Å². The van der Waals surface area contributed by atoms with Crippen LogP contribution in [0.25, 0.3) is 0 Å². The van der Waals surface area contributed by atoms with Gasteiger partial charge in [-0.25, -0.2) is 0 Å². The molecule has 0 aromatic rings. The molecule has 0 amide bonds. The molecule has 0 saturated heterocycles. The molecular formula is C8H21N. The molecule has 1 heteroatoms. The Hall–Kier alpha value is -0.300. The van der Waals surface area contributed by atoms with Crippen molar-refractivity contribution in [2.45, 2.75) is 27.2 Å². The minimum absolute atomic E-state index is 1.08. The highest BCUT2D eigenvalue weighted by Gasteiger charge is 1.45. The van der Waals surface area contributed by atoms with Gasteiger partial charge >= 0.3 is 0 Å². The molecule has 0 saturated carbocycles. The number of hydrogen-bond acceptors (Lipinski definition) is 1. The average molecular weight is 131 g/mol. The van der Waals surface area contributed by atoms with E-state index in [2.05, 4.69) is 18.8 Å². The lowest BCUT2D eigenvalue weighted by Gasteiger charge is -1.59. The fraction of sp³-hybridized carbons (Fsp3) is 0.750. The van der Waals surface area contributed by atoms with E-state index in [0.29, 0.717) is 0 Å². The molecule has 0 aromatic carbocycles. The van der Waals surface area contributed by atoms with E-state index in [0.717, 1.165) is 6.42 Å². The highest BCUT2D eigenvalue weighted by Crippen LogP contribution is 1.66. The van der Waals surface area contributed by atoms with E-state index >= 15 is 0 Å². The summed E-state index contributed by atoms with van der Waals surface area (Å²) in [6, 6.07) is 0. The lowest BCUT2D eigenvalue weighted by Crippen LogP contribution is -1.89. The van der Waals surface area contributed by atoms with Gasteiger partial charge in [0.1, 0.15) is 0 Å². The minimum atomic E-state index is 1.08. The van der Waals surface area contributed by atoms with Crippen LogP contribution in [0.3, 0.4) is 0 Å². The van der Waals surface area contributed by atoms with Gasteiger partial charge in [-0.1, -0.05) is 26.8 Å². The quantitative estimate of drug-likeness (QED) is 0.539. The van der Waals surface area contributed by atoms with Gasteiger partial charge in [-0.3, -0.25) is 0 Å². The van der Waals surface area contributed by atoms with Crippen LogP contribution in [0.15, 0.2) is 12.7 Å². The molecule has 0 unspecified atom stereocenters. The molecule has 0 radical (unpaired) electrons. The lowest BCUT2D eigenvalue weighted by atomic mass is 10.5. The van der Waals surface area contributed by atoms with Crippen molar-refractivity contribution in [2.24, 2.45) is 0 Å². The number of nitrogens with one attached hydrogen (secondary N) is 1. The zero-order valence-electron chi connectivity index (χ0n) is 7.49. The predicted octanol–water partition coefficient (Wildman–Crippen LogP) is 2.44. The van der Waals surface area contributed by atoms with Crippen molar-refractivity contribution in [3.8, 4) is 0 Å². The molecule has 0 rings (SSSR count). The summed E-state index contributed by atoms with van der Waals surface area (Å²) in [6.07, 6.45) is 2.96. The van der Waals surface area contributed by atoms with E-state index in [-0.39, 0.29) is 0 Å². The Kier molecular flexibility index (Phi) is 83.6. The predicted molar refractivity (Wildman–Crippen MR) is 46.8 cm³/mol. The van der Waals surface area contributed by atoms with Crippen LogP contribution >= 0.6 is 0 Å². The molecular weight excluding hydrogens is 110 g/mol. The van der Waals surface area contributed by atoms with E-state index in [1.165, 1.54) is 0 Å². The molecule has 0 aliphatic rings. The first-order chi connectivity index (χ1) is 4.33. The van der Waals surface area contributed by atoms with Crippen molar-refractivity contribution in [3.63, 3.8) is 0 Å². The maximum Gasteiger partial charge on any atom is -0.0167 e. The zero-order valence-corrected chi connectivity index (χ0v) is 7.49. The van der Waals surface area contributed by atoms with Gasteiger partial charge in [0.2, 0.25) is 0 Å². The Morgan fingerprint density at radius 2 is 1.44 bits per heavy atom. The summed E-state index contributed by atoms with van der Waals surface area (Å²) >= 11 is 0. The van der Waals surface area contributed by atoms with E-state index < -0.39 is 0 Å². The van der Waals surface area contributed by atoms with Gasteiger partial charge in [-0.2, -0.15) is 0 Å². The SMILES string of the molecule is C=CCC.CC.CNC. The molecule has 0 aliphatic heterocycles. The van der Waals surface area contributed by atoms with Crippen molar-refractivity contribution >= 4 is 0 Å². The molecule has 9 heavy (non-hydrogen) atoms. The van der Waals surface area contributed by atoms with Gasteiger partial charge in [0, 0.05) is 0 Å². The van der Waals surface area contributed by atoms with E-state index in [4.69, 9.17) is 0 Å². The molecule has 58 valence electrons. The van der Waals surface area contributed by atoms with Crippen LogP contribution in [-0.4, -0.2) is 14.1 Å². The van der Waals surface area contributed by atoms with Gasteiger partial charge in [0.15, 0.2) is 0 Å². The van der Waals surface area contributed by atoms with Crippen molar-refractivity contribution in [1.82, 2.24) is 5.32 Å². The van der Waals surface area contributed by atoms with E-state index in [1.807, 2.05) is 34.0 Å². The first-order valence-corrected chi connectivity index (χ1v) is 3.52. The van der Waals surface area contributed by atoms with Crippen LogP contribution in [0.5, 0.6) is 0 Å². The lowest BCUT2D eigenvalue weighted by molar-refractivity contribution is 1.02. The summed E-state index contributed by atoms with van der Waals surface area (Å²) in [5.74, 6) is 0. The standard InChI is InChI=1S/C4H8.C2H7N.C2H6/c1-3-4-2;1-3-2;1-2/h3H,1,4H2,2H3;3H,1-2H3;1-2H3. The highest BCUT2D eigenvalue weighted by molar-refractivity contribution is 4.60. The average Bonchev–Trinajstić information content (AvgIpc) is 1.94. The minimum Gasteiger partial charge on any atom is -0.323 e. The molecule has 0 spiro atoms. The Bertz CT molecular complexity index is 25.7. The molecule has 1 nitrogen and oxygen atoms in total. The second-order valence-corrected chi connectivity index (χ2v) is 1.20. The van der Waals surface area contributed by atoms with Crippen LogP contribution in [-0.2, 0) is 0 Å². The normalized spacial score (nSPS) is 5.44. The number of hydrogen-bond donors (Lipinski definition) is 1. The third-order valence-corrected chi connectivity index (χ3v) is 0.289. The van der Waals surface area contributed by atoms with Crippen LogP contribution in [0, 0.1) is 0 Å². The topological polar surface area (TPSA) is 12.0 Å². The summed E-state index contributed by atoms with van der Waals surface area (Å²) in [5.41, 5.74) is 0. The van der Waals surface area contributed by atoms with Crippen molar-refractivity contribution in [1.29, 1.82) is 0 Å². The Morgan fingerprint density at radius 3 is 1.44 bits per heavy atom. The third-order valence-electron chi connectivity index (χ3n) is 0.289. The van der Waals surface area contributed by atoms with Crippen molar-refractivity contribution in [3.05, 3.63) is 12.7 Å². The Labute approximate surface area is 60.2 Å². The molecule has 0 aliphatic carbocycles. The summed E-state index contributed by atoms with van der Waals surface area (Å²) in [6.45, 7) is 9.54. The first kappa shape index (κ1) is 15.9.